The van der Waals surface area contributed by atoms with E-state index in [-0.39, 0.29) is 0 Å². The van der Waals surface area contributed by atoms with Crippen LogP contribution in [-0.4, -0.2) is 13.2 Å². The average Bonchev–Trinajstić information content (AvgIpc) is 2.42. The number of benzene rings is 2. The van der Waals surface area contributed by atoms with Gasteiger partial charge in [0.05, 0.1) is 13.2 Å². The molecule has 0 saturated carbocycles. The van der Waals surface area contributed by atoms with Gasteiger partial charge in [-0.3, -0.25) is 0 Å². The summed E-state index contributed by atoms with van der Waals surface area (Å²) < 4.78 is 11.2. The Labute approximate surface area is 114 Å². The molecule has 19 heavy (non-hydrogen) atoms. The number of anilines is 1. The summed E-state index contributed by atoms with van der Waals surface area (Å²) in [4.78, 5) is 0. The van der Waals surface area contributed by atoms with Gasteiger partial charge in [0.2, 0.25) is 0 Å². The highest BCUT2D eigenvalue weighted by molar-refractivity contribution is 5.77. The van der Waals surface area contributed by atoms with Crippen molar-refractivity contribution in [2.75, 3.05) is 18.9 Å². The fourth-order valence-electron chi connectivity index (χ4n) is 1.98. The lowest BCUT2D eigenvalue weighted by molar-refractivity contribution is 0.288. The maximum Gasteiger partial charge on any atom is 0.161 e. The van der Waals surface area contributed by atoms with Crippen molar-refractivity contribution < 1.29 is 9.47 Å². The molecule has 0 unspecified atom stereocenters. The second kappa shape index (κ2) is 6.14. The zero-order valence-electron chi connectivity index (χ0n) is 11.3. The molecule has 0 aliphatic carbocycles. The normalized spacial score (nSPS) is 10.2. The van der Waals surface area contributed by atoms with Gasteiger partial charge in [0.15, 0.2) is 11.5 Å². The smallest absolute Gasteiger partial charge is 0.161 e. The first-order valence-electron chi connectivity index (χ1n) is 6.50. The molecule has 0 bridgehead atoms. The molecular weight excluding hydrogens is 238 g/mol. The minimum absolute atomic E-state index is 0.605. The number of nitrogens with two attached hydrogens (primary N) is 1. The first-order valence-corrected chi connectivity index (χ1v) is 6.50. The lowest BCUT2D eigenvalue weighted by Crippen LogP contribution is -1.99. The quantitative estimate of drug-likeness (QED) is 0.830. The molecule has 0 heterocycles. The van der Waals surface area contributed by atoms with Gasteiger partial charge in [-0.2, -0.15) is 0 Å². The molecule has 0 amide bonds. The Morgan fingerprint density at radius 3 is 2.26 bits per heavy atom. The van der Waals surface area contributed by atoms with Gasteiger partial charge in [-0.05, 0) is 37.6 Å². The van der Waals surface area contributed by atoms with Crippen molar-refractivity contribution in [3.8, 4) is 22.6 Å². The Bertz CT molecular complexity index is 552. The molecule has 0 radical (unpaired) electrons. The van der Waals surface area contributed by atoms with Crippen molar-refractivity contribution in [1.29, 1.82) is 0 Å². The van der Waals surface area contributed by atoms with Crippen LogP contribution in [0.5, 0.6) is 11.5 Å². The summed E-state index contributed by atoms with van der Waals surface area (Å²) in [5, 5.41) is 0. The Morgan fingerprint density at radius 2 is 1.58 bits per heavy atom. The van der Waals surface area contributed by atoms with E-state index < -0.39 is 0 Å². The van der Waals surface area contributed by atoms with Crippen LogP contribution in [-0.2, 0) is 0 Å². The summed E-state index contributed by atoms with van der Waals surface area (Å²) in [6.45, 7) is 5.14. The maximum absolute atomic E-state index is 6.00. The Hall–Kier alpha value is -2.16. The predicted octanol–water partition coefficient (Wildman–Crippen LogP) is 3.73. The lowest BCUT2D eigenvalue weighted by atomic mass is 10.0. The summed E-state index contributed by atoms with van der Waals surface area (Å²) in [5.74, 6) is 1.52. The Morgan fingerprint density at radius 1 is 0.895 bits per heavy atom. The van der Waals surface area contributed by atoms with Crippen molar-refractivity contribution in [1.82, 2.24) is 0 Å². The van der Waals surface area contributed by atoms with Crippen LogP contribution >= 0.6 is 0 Å². The van der Waals surface area contributed by atoms with Crippen LogP contribution < -0.4 is 15.2 Å². The van der Waals surface area contributed by atoms with E-state index in [0.717, 1.165) is 28.3 Å². The van der Waals surface area contributed by atoms with Crippen LogP contribution in [0.15, 0.2) is 42.5 Å². The maximum atomic E-state index is 6.00. The second-order valence-corrected chi connectivity index (χ2v) is 4.11. The topological polar surface area (TPSA) is 44.5 Å². The number of hydrogen-bond acceptors (Lipinski definition) is 3. The van der Waals surface area contributed by atoms with Crippen LogP contribution in [0.2, 0.25) is 0 Å². The zero-order valence-corrected chi connectivity index (χ0v) is 11.3. The van der Waals surface area contributed by atoms with Crippen molar-refractivity contribution in [3.63, 3.8) is 0 Å². The highest BCUT2D eigenvalue weighted by Crippen LogP contribution is 2.34. The van der Waals surface area contributed by atoms with E-state index in [0.29, 0.717) is 13.2 Å². The van der Waals surface area contributed by atoms with Gasteiger partial charge in [0, 0.05) is 11.3 Å². The molecule has 0 aliphatic rings. The van der Waals surface area contributed by atoms with E-state index in [9.17, 15) is 0 Å². The van der Waals surface area contributed by atoms with Crippen molar-refractivity contribution >= 4 is 5.69 Å². The van der Waals surface area contributed by atoms with Crippen molar-refractivity contribution in [2.45, 2.75) is 13.8 Å². The first-order chi connectivity index (χ1) is 9.26. The van der Waals surface area contributed by atoms with E-state index in [1.807, 2.05) is 56.3 Å². The van der Waals surface area contributed by atoms with Gasteiger partial charge in [0.1, 0.15) is 0 Å². The summed E-state index contributed by atoms with van der Waals surface area (Å²) in [6.07, 6.45) is 0. The third-order valence-electron chi connectivity index (χ3n) is 2.82. The first kappa shape index (κ1) is 13.3. The average molecular weight is 257 g/mol. The van der Waals surface area contributed by atoms with E-state index in [2.05, 4.69) is 0 Å². The minimum Gasteiger partial charge on any atom is -0.490 e. The van der Waals surface area contributed by atoms with E-state index >= 15 is 0 Å². The Balaban J connectivity index is 2.43. The van der Waals surface area contributed by atoms with Crippen molar-refractivity contribution in [2.24, 2.45) is 0 Å². The molecular formula is C16H19NO2. The van der Waals surface area contributed by atoms with E-state index in [1.54, 1.807) is 0 Å². The zero-order chi connectivity index (χ0) is 13.7. The molecule has 0 aromatic heterocycles. The van der Waals surface area contributed by atoms with Gasteiger partial charge in [-0.1, -0.05) is 24.3 Å². The third kappa shape index (κ3) is 2.99. The molecule has 2 aromatic carbocycles. The highest BCUT2D eigenvalue weighted by Gasteiger charge is 2.08. The molecule has 0 spiro atoms. The molecule has 0 atom stereocenters. The van der Waals surface area contributed by atoms with Gasteiger partial charge >= 0.3 is 0 Å². The molecule has 2 N–H and O–H groups in total. The number of rotatable bonds is 5. The fourth-order valence-corrected chi connectivity index (χ4v) is 1.98. The fraction of sp³-hybridized carbons (Fsp3) is 0.250. The lowest BCUT2D eigenvalue weighted by Gasteiger charge is -2.13. The molecule has 2 aromatic rings. The number of ether oxygens (including phenoxy) is 2. The van der Waals surface area contributed by atoms with E-state index in [1.165, 1.54) is 0 Å². The summed E-state index contributed by atoms with van der Waals surface area (Å²) >= 11 is 0. The standard InChI is InChI=1S/C16H19NO2/c1-3-18-15-10-9-12(11-16(15)19-4-2)13-7-5-6-8-14(13)17/h5-11H,3-4,17H2,1-2H3. The predicted molar refractivity (Wildman–Crippen MR) is 78.6 cm³/mol. The van der Waals surface area contributed by atoms with E-state index in [4.69, 9.17) is 15.2 Å². The minimum atomic E-state index is 0.605. The summed E-state index contributed by atoms with van der Waals surface area (Å²) in [7, 11) is 0. The van der Waals surface area contributed by atoms with Crippen molar-refractivity contribution in [3.05, 3.63) is 42.5 Å². The van der Waals surface area contributed by atoms with Gasteiger partial charge in [-0.15, -0.1) is 0 Å². The number of nitrogen functional groups attached to an aromatic ring is 1. The molecule has 2 rings (SSSR count). The summed E-state index contributed by atoms with van der Waals surface area (Å²) in [6, 6.07) is 13.7. The third-order valence-corrected chi connectivity index (χ3v) is 2.82. The summed E-state index contributed by atoms with van der Waals surface area (Å²) in [5.41, 5.74) is 8.80. The van der Waals surface area contributed by atoms with Crippen LogP contribution in [0, 0.1) is 0 Å². The highest BCUT2D eigenvalue weighted by atomic mass is 16.5. The molecule has 0 aliphatic heterocycles. The molecule has 0 fully saturated rings. The van der Waals surface area contributed by atoms with Crippen LogP contribution in [0.25, 0.3) is 11.1 Å². The molecule has 100 valence electrons. The molecule has 0 saturated heterocycles. The van der Waals surface area contributed by atoms with Crippen LogP contribution in [0.3, 0.4) is 0 Å². The number of para-hydroxylation sites is 1. The molecule has 3 nitrogen and oxygen atoms in total. The molecule has 3 heteroatoms. The van der Waals surface area contributed by atoms with Crippen LogP contribution in [0.1, 0.15) is 13.8 Å². The Kier molecular flexibility index (Phi) is 4.29. The second-order valence-electron chi connectivity index (χ2n) is 4.11. The van der Waals surface area contributed by atoms with Gasteiger partial charge in [0.25, 0.3) is 0 Å². The number of hydrogen-bond donors (Lipinski definition) is 1. The monoisotopic (exact) mass is 257 g/mol. The largest absolute Gasteiger partial charge is 0.490 e. The SMILES string of the molecule is CCOc1ccc(-c2ccccc2N)cc1OCC. The van der Waals surface area contributed by atoms with Crippen LogP contribution in [0.4, 0.5) is 5.69 Å². The van der Waals surface area contributed by atoms with Gasteiger partial charge < -0.3 is 15.2 Å². The van der Waals surface area contributed by atoms with Gasteiger partial charge in [-0.25, -0.2) is 0 Å².